The second-order valence-electron chi connectivity index (χ2n) is 3.88. The first-order valence-corrected chi connectivity index (χ1v) is 5.36. The van der Waals surface area contributed by atoms with E-state index in [0.717, 1.165) is 16.9 Å². The number of methoxy groups -OCH3 is 1. The maximum atomic E-state index is 11.8. The van der Waals surface area contributed by atoms with Gasteiger partial charge in [-0.1, -0.05) is 0 Å². The van der Waals surface area contributed by atoms with E-state index < -0.39 is 5.97 Å². The topological polar surface area (TPSA) is 63.6 Å². The average molecular weight is 236 g/mol. The highest BCUT2D eigenvalue weighted by Gasteiger charge is 2.14. The minimum absolute atomic E-state index is 0.0297. The molecule has 17 heavy (non-hydrogen) atoms. The SMILES string of the molecule is COc1ccc(C(=O)CCC(=O)O)c(C)c1C. The molecule has 0 aromatic heterocycles. The van der Waals surface area contributed by atoms with E-state index in [1.165, 1.54) is 0 Å². The van der Waals surface area contributed by atoms with Crippen LogP contribution in [0.25, 0.3) is 0 Å². The number of Topliss-reactive ketones (excluding diaryl/α,β-unsaturated/α-hetero) is 1. The fourth-order valence-electron chi connectivity index (χ4n) is 1.67. The molecule has 1 rings (SSSR count). The minimum Gasteiger partial charge on any atom is -0.496 e. The first kappa shape index (κ1) is 13.2. The van der Waals surface area contributed by atoms with Crippen molar-refractivity contribution >= 4 is 11.8 Å². The number of ether oxygens (including phenoxy) is 1. The average Bonchev–Trinajstić information content (AvgIpc) is 2.29. The molecule has 0 aliphatic rings. The summed E-state index contributed by atoms with van der Waals surface area (Å²) in [4.78, 5) is 22.2. The lowest BCUT2D eigenvalue weighted by Gasteiger charge is -2.11. The molecular weight excluding hydrogens is 220 g/mol. The Kier molecular flexibility index (Phi) is 4.26. The molecule has 0 aliphatic carbocycles. The summed E-state index contributed by atoms with van der Waals surface area (Å²) in [6, 6.07) is 3.42. The van der Waals surface area contributed by atoms with E-state index in [0.29, 0.717) is 5.56 Å². The highest BCUT2D eigenvalue weighted by Crippen LogP contribution is 2.24. The molecular formula is C13H16O4. The molecule has 0 unspecified atom stereocenters. The predicted molar refractivity (Wildman–Crippen MR) is 63.7 cm³/mol. The molecule has 0 aliphatic heterocycles. The van der Waals surface area contributed by atoms with Gasteiger partial charge in [0.1, 0.15) is 5.75 Å². The van der Waals surface area contributed by atoms with Gasteiger partial charge in [-0.25, -0.2) is 0 Å². The molecule has 0 saturated carbocycles. The van der Waals surface area contributed by atoms with Gasteiger partial charge in [0.2, 0.25) is 0 Å². The lowest BCUT2D eigenvalue weighted by molar-refractivity contribution is -0.136. The fraction of sp³-hybridized carbons (Fsp3) is 0.385. The normalized spacial score (nSPS) is 10.1. The summed E-state index contributed by atoms with van der Waals surface area (Å²) >= 11 is 0. The molecule has 1 N–H and O–H groups in total. The van der Waals surface area contributed by atoms with Crippen molar-refractivity contribution in [1.29, 1.82) is 0 Å². The van der Waals surface area contributed by atoms with Crippen molar-refractivity contribution in [2.75, 3.05) is 7.11 Å². The Balaban J connectivity index is 2.95. The summed E-state index contributed by atoms with van der Waals surface area (Å²) in [7, 11) is 1.58. The minimum atomic E-state index is -0.957. The van der Waals surface area contributed by atoms with E-state index in [-0.39, 0.29) is 18.6 Å². The van der Waals surface area contributed by atoms with Crippen LogP contribution in [0, 0.1) is 13.8 Å². The summed E-state index contributed by atoms with van der Waals surface area (Å²) in [6.07, 6.45) is -0.106. The van der Waals surface area contributed by atoms with Crippen LogP contribution in [-0.2, 0) is 4.79 Å². The van der Waals surface area contributed by atoms with Crippen LogP contribution in [-0.4, -0.2) is 24.0 Å². The number of carboxylic acid groups (broad SMARTS) is 1. The number of hydrogen-bond donors (Lipinski definition) is 1. The summed E-state index contributed by atoms with van der Waals surface area (Å²) in [6.45, 7) is 3.72. The number of hydrogen-bond acceptors (Lipinski definition) is 3. The summed E-state index contributed by atoms with van der Waals surface area (Å²) in [5, 5.41) is 8.54. The third-order valence-electron chi connectivity index (χ3n) is 2.82. The van der Waals surface area contributed by atoms with Crippen molar-refractivity contribution in [2.45, 2.75) is 26.7 Å². The molecule has 92 valence electrons. The van der Waals surface area contributed by atoms with Gasteiger partial charge in [0.05, 0.1) is 13.5 Å². The zero-order valence-electron chi connectivity index (χ0n) is 10.2. The predicted octanol–water partition coefficient (Wildman–Crippen LogP) is 2.36. The smallest absolute Gasteiger partial charge is 0.303 e. The van der Waals surface area contributed by atoms with Gasteiger partial charge in [-0.05, 0) is 37.1 Å². The Morgan fingerprint density at radius 2 is 1.82 bits per heavy atom. The van der Waals surface area contributed by atoms with Gasteiger partial charge in [-0.3, -0.25) is 9.59 Å². The van der Waals surface area contributed by atoms with Crippen LogP contribution in [0.1, 0.15) is 34.3 Å². The van der Waals surface area contributed by atoms with E-state index in [4.69, 9.17) is 9.84 Å². The summed E-state index contributed by atoms with van der Waals surface area (Å²) in [5.41, 5.74) is 2.33. The molecule has 4 heteroatoms. The number of carbonyl (C=O) groups is 2. The van der Waals surface area contributed by atoms with Crippen molar-refractivity contribution in [2.24, 2.45) is 0 Å². The quantitative estimate of drug-likeness (QED) is 0.797. The second-order valence-corrected chi connectivity index (χ2v) is 3.88. The van der Waals surface area contributed by atoms with Crippen LogP contribution < -0.4 is 4.74 Å². The van der Waals surface area contributed by atoms with Crippen molar-refractivity contribution in [3.63, 3.8) is 0 Å². The molecule has 0 spiro atoms. The number of benzene rings is 1. The Bertz CT molecular complexity index is 449. The van der Waals surface area contributed by atoms with Gasteiger partial charge in [-0.15, -0.1) is 0 Å². The first-order valence-electron chi connectivity index (χ1n) is 5.36. The van der Waals surface area contributed by atoms with Gasteiger partial charge >= 0.3 is 5.97 Å². The van der Waals surface area contributed by atoms with E-state index in [9.17, 15) is 9.59 Å². The first-order chi connectivity index (χ1) is 7.97. The van der Waals surface area contributed by atoms with E-state index >= 15 is 0 Å². The Morgan fingerprint density at radius 1 is 1.18 bits per heavy atom. The van der Waals surface area contributed by atoms with Crippen LogP contribution in [0.15, 0.2) is 12.1 Å². The molecule has 0 radical (unpaired) electrons. The van der Waals surface area contributed by atoms with Crippen LogP contribution in [0.4, 0.5) is 0 Å². The van der Waals surface area contributed by atoms with Gasteiger partial charge < -0.3 is 9.84 Å². The van der Waals surface area contributed by atoms with Crippen LogP contribution in [0.2, 0.25) is 0 Å². The number of carbonyl (C=O) groups excluding carboxylic acids is 1. The van der Waals surface area contributed by atoms with Crippen molar-refractivity contribution < 1.29 is 19.4 Å². The summed E-state index contributed by atoms with van der Waals surface area (Å²) in [5.74, 6) is -0.367. The van der Waals surface area contributed by atoms with Crippen LogP contribution >= 0.6 is 0 Å². The molecule has 0 amide bonds. The zero-order chi connectivity index (χ0) is 13.0. The Labute approximate surface area is 100 Å². The van der Waals surface area contributed by atoms with Crippen LogP contribution in [0.3, 0.4) is 0 Å². The highest BCUT2D eigenvalue weighted by atomic mass is 16.5. The van der Waals surface area contributed by atoms with Gasteiger partial charge in [-0.2, -0.15) is 0 Å². The van der Waals surface area contributed by atoms with E-state index in [1.807, 2.05) is 13.8 Å². The lowest BCUT2D eigenvalue weighted by Crippen LogP contribution is -2.07. The summed E-state index contributed by atoms with van der Waals surface area (Å²) < 4.78 is 5.15. The largest absolute Gasteiger partial charge is 0.496 e. The molecule has 4 nitrogen and oxygen atoms in total. The molecule has 0 fully saturated rings. The number of aliphatic carboxylic acids is 1. The number of carboxylic acids is 1. The van der Waals surface area contributed by atoms with Crippen molar-refractivity contribution in [3.05, 3.63) is 28.8 Å². The monoisotopic (exact) mass is 236 g/mol. The Hall–Kier alpha value is -1.84. The second kappa shape index (κ2) is 5.48. The maximum Gasteiger partial charge on any atom is 0.303 e. The standard InChI is InChI=1S/C13H16O4/c1-8-9(2)12(17-3)6-4-10(8)11(14)5-7-13(15)16/h4,6H,5,7H2,1-3H3,(H,15,16). The molecule has 1 aromatic rings. The van der Waals surface area contributed by atoms with E-state index in [1.54, 1.807) is 19.2 Å². The van der Waals surface area contributed by atoms with Gasteiger partial charge in [0.15, 0.2) is 5.78 Å². The molecule has 0 saturated heterocycles. The third-order valence-corrected chi connectivity index (χ3v) is 2.82. The van der Waals surface area contributed by atoms with Crippen molar-refractivity contribution in [1.82, 2.24) is 0 Å². The molecule has 0 bridgehead atoms. The fourth-order valence-corrected chi connectivity index (χ4v) is 1.67. The number of ketones is 1. The van der Waals surface area contributed by atoms with E-state index in [2.05, 4.69) is 0 Å². The van der Waals surface area contributed by atoms with Gasteiger partial charge in [0.25, 0.3) is 0 Å². The van der Waals surface area contributed by atoms with Crippen LogP contribution in [0.5, 0.6) is 5.75 Å². The zero-order valence-corrected chi connectivity index (χ0v) is 10.2. The maximum absolute atomic E-state index is 11.8. The molecule has 0 atom stereocenters. The molecule has 0 heterocycles. The number of rotatable bonds is 5. The molecule has 1 aromatic carbocycles. The lowest BCUT2D eigenvalue weighted by atomic mass is 9.97. The highest BCUT2D eigenvalue weighted by molar-refractivity contribution is 5.99. The van der Waals surface area contributed by atoms with Gasteiger partial charge in [0, 0.05) is 12.0 Å². The Morgan fingerprint density at radius 3 is 2.35 bits per heavy atom. The third kappa shape index (κ3) is 3.06. The van der Waals surface area contributed by atoms with Crippen molar-refractivity contribution in [3.8, 4) is 5.75 Å².